The Morgan fingerprint density at radius 3 is 2.65 bits per heavy atom. The van der Waals surface area contributed by atoms with Crippen LogP contribution in [0.15, 0.2) is 24.3 Å². The highest BCUT2D eigenvalue weighted by atomic mass is 16.1. The van der Waals surface area contributed by atoms with Crippen LogP contribution in [0.2, 0.25) is 0 Å². The Morgan fingerprint density at radius 1 is 1.35 bits per heavy atom. The van der Waals surface area contributed by atoms with Crippen molar-refractivity contribution in [1.82, 2.24) is 0 Å². The van der Waals surface area contributed by atoms with Crippen molar-refractivity contribution in [2.75, 3.05) is 11.9 Å². The molecule has 1 aromatic rings. The van der Waals surface area contributed by atoms with Gasteiger partial charge in [0.05, 0.1) is 0 Å². The Hall–Kier alpha value is -1.35. The van der Waals surface area contributed by atoms with Crippen LogP contribution in [0.3, 0.4) is 0 Å². The second-order valence-corrected chi connectivity index (χ2v) is 6.61. The van der Waals surface area contributed by atoms with E-state index in [-0.39, 0.29) is 11.3 Å². The fourth-order valence-corrected chi connectivity index (χ4v) is 1.91. The molecule has 0 bridgehead atoms. The maximum absolute atomic E-state index is 12.1. The van der Waals surface area contributed by atoms with E-state index in [0.717, 1.165) is 18.5 Å². The minimum Gasteiger partial charge on any atom is -0.330 e. The fourth-order valence-electron chi connectivity index (χ4n) is 1.91. The lowest BCUT2D eigenvalue weighted by molar-refractivity contribution is -0.117. The molecule has 0 aliphatic heterocycles. The summed E-state index contributed by atoms with van der Waals surface area (Å²) in [6.07, 6.45) is 2.48. The highest BCUT2D eigenvalue weighted by molar-refractivity contribution is 5.90. The Morgan fingerprint density at radius 2 is 2.05 bits per heavy atom. The topological polar surface area (TPSA) is 55.1 Å². The zero-order valence-corrected chi connectivity index (χ0v) is 13.2. The molecule has 1 aromatic carbocycles. The highest BCUT2D eigenvalue weighted by Crippen LogP contribution is 2.28. The average Bonchev–Trinajstić information content (AvgIpc) is 2.35. The summed E-state index contributed by atoms with van der Waals surface area (Å²) in [5.41, 5.74) is 7.77. The molecule has 1 amide bonds. The summed E-state index contributed by atoms with van der Waals surface area (Å²) in [7, 11) is 0. The molecule has 0 saturated carbocycles. The van der Waals surface area contributed by atoms with Gasteiger partial charge in [0, 0.05) is 12.1 Å². The molecule has 0 aliphatic rings. The first-order valence-electron chi connectivity index (χ1n) is 7.42. The van der Waals surface area contributed by atoms with Gasteiger partial charge >= 0.3 is 0 Å². The lowest BCUT2D eigenvalue weighted by atomic mass is 9.80. The van der Waals surface area contributed by atoms with E-state index in [4.69, 9.17) is 5.73 Å². The van der Waals surface area contributed by atoms with Crippen LogP contribution >= 0.6 is 0 Å². The quantitative estimate of drug-likeness (QED) is 0.834. The summed E-state index contributed by atoms with van der Waals surface area (Å²) < 4.78 is 0. The Kier molecular flexibility index (Phi) is 6.21. The van der Waals surface area contributed by atoms with Crippen molar-refractivity contribution in [1.29, 1.82) is 0 Å². The SMILES string of the molecule is CC(CC(=O)Nc1cccc(CCCN)c1)C(C)(C)C. The maximum Gasteiger partial charge on any atom is 0.224 e. The van der Waals surface area contributed by atoms with Gasteiger partial charge in [-0.2, -0.15) is 0 Å². The average molecular weight is 276 g/mol. The van der Waals surface area contributed by atoms with Crippen LogP contribution in [0.25, 0.3) is 0 Å². The number of carbonyl (C=O) groups is 1. The van der Waals surface area contributed by atoms with Crippen molar-refractivity contribution in [3.05, 3.63) is 29.8 Å². The summed E-state index contributed by atoms with van der Waals surface area (Å²) in [4.78, 5) is 12.1. The van der Waals surface area contributed by atoms with Crippen LogP contribution in [0.5, 0.6) is 0 Å². The number of aryl methyl sites for hydroxylation is 1. The molecule has 112 valence electrons. The molecule has 0 radical (unpaired) electrons. The van der Waals surface area contributed by atoms with Gasteiger partial charge in [-0.05, 0) is 48.4 Å². The van der Waals surface area contributed by atoms with Crippen LogP contribution < -0.4 is 11.1 Å². The lowest BCUT2D eigenvalue weighted by Crippen LogP contribution is -2.23. The van der Waals surface area contributed by atoms with Gasteiger partial charge in [-0.25, -0.2) is 0 Å². The Balaban J connectivity index is 2.57. The lowest BCUT2D eigenvalue weighted by Gasteiger charge is -2.26. The van der Waals surface area contributed by atoms with E-state index in [1.165, 1.54) is 5.56 Å². The third-order valence-electron chi connectivity index (χ3n) is 3.85. The molecule has 20 heavy (non-hydrogen) atoms. The van der Waals surface area contributed by atoms with Gasteiger partial charge in [0.15, 0.2) is 0 Å². The number of hydrogen-bond donors (Lipinski definition) is 2. The Labute approximate surface area is 122 Å². The number of rotatable bonds is 6. The zero-order valence-electron chi connectivity index (χ0n) is 13.2. The van der Waals surface area contributed by atoms with Crippen molar-refractivity contribution in [3.8, 4) is 0 Å². The first-order chi connectivity index (χ1) is 9.32. The van der Waals surface area contributed by atoms with E-state index in [1.54, 1.807) is 0 Å². The Bertz CT molecular complexity index is 435. The number of nitrogens with one attached hydrogen (secondary N) is 1. The van der Waals surface area contributed by atoms with Crippen molar-refractivity contribution < 1.29 is 4.79 Å². The van der Waals surface area contributed by atoms with Crippen LogP contribution in [0.4, 0.5) is 5.69 Å². The van der Waals surface area contributed by atoms with Crippen molar-refractivity contribution in [2.24, 2.45) is 17.1 Å². The zero-order chi connectivity index (χ0) is 15.2. The maximum atomic E-state index is 12.1. The van der Waals surface area contributed by atoms with Gasteiger partial charge in [-0.3, -0.25) is 4.79 Å². The standard InChI is InChI=1S/C17H28N2O/c1-13(17(2,3)4)11-16(20)19-15-9-5-7-14(12-15)8-6-10-18/h5,7,9,12-13H,6,8,10-11,18H2,1-4H3,(H,19,20). The molecule has 3 nitrogen and oxygen atoms in total. The first-order valence-corrected chi connectivity index (χ1v) is 7.42. The summed E-state index contributed by atoms with van der Waals surface area (Å²) in [5, 5.41) is 2.99. The van der Waals surface area contributed by atoms with Crippen LogP contribution in [0, 0.1) is 11.3 Å². The third-order valence-corrected chi connectivity index (χ3v) is 3.85. The van der Waals surface area contributed by atoms with Crippen molar-refractivity contribution in [3.63, 3.8) is 0 Å². The summed E-state index contributed by atoms with van der Waals surface area (Å²) in [5.74, 6) is 0.436. The van der Waals surface area contributed by atoms with Gasteiger partial charge in [0.25, 0.3) is 0 Å². The van der Waals surface area contributed by atoms with Crippen LogP contribution in [-0.2, 0) is 11.2 Å². The monoisotopic (exact) mass is 276 g/mol. The molecule has 0 aliphatic carbocycles. The molecular weight excluding hydrogens is 248 g/mol. The predicted octanol–water partition coefficient (Wildman–Crippen LogP) is 3.59. The normalized spacial score (nSPS) is 13.1. The number of benzene rings is 1. The van der Waals surface area contributed by atoms with Gasteiger partial charge < -0.3 is 11.1 Å². The molecule has 0 aromatic heterocycles. The van der Waals surface area contributed by atoms with Gasteiger partial charge in [0.2, 0.25) is 5.91 Å². The smallest absolute Gasteiger partial charge is 0.224 e. The number of carbonyl (C=O) groups excluding carboxylic acids is 1. The summed E-state index contributed by atoms with van der Waals surface area (Å²) >= 11 is 0. The van der Waals surface area contributed by atoms with E-state index in [2.05, 4.69) is 39.1 Å². The fraction of sp³-hybridized carbons (Fsp3) is 0.588. The number of anilines is 1. The predicted molar refractivity (Wildman–Crippen MR) is 85.7 cm³/mol. The number of nitrogens with two attached hydrogens (primary N) is 1. The number of hydrogen-bond acceptors (Lipinski definition) is 2. The molecule has 0 fully saturated rings. The van der Waals surface area contributed by atoms with E-state index >= 15 is 0 Å². The molecule has 0 heterocycles. The largest absolute Gasteiger partial charge is 0.330 e. The summed E-state index contributed by atoms with van der Waals surface area (Å²) in [6, 6.07) is 8.03. The molecule has 0 saturated heterocycles. The van der Waals surface area contributed by atoms with Crippen LogP contribution in [-0.4, -0.2) is 12.5 Å². The second-order valence-electron chi connectivity index (χ2n) is 6.61. The minimum absolute atomic E-state index is 0.0865. The van der Waals surface area contributed by atoms with Gasteiger partial charge in [-0.1, -0.05) is 39.8 Å². The van der Waals surface area contributed by atoms with Crippen molar-refractivity contribution in [2.45, 2.75) is 47.0 Å². The molecule has 1 unspecified atom stereocenters. The van der Waals surface area contributed by atoms with Gasteiger partial charge in [-0.15, -0.1) is 0 Å². The molecule has 3 N–H and O–H groups in total. The van der Waals surface area contributed by atoms with E-state index in [1.807, 2.05) is 18.2 Å². The molecule has 3 heteroatoms. The molecule has 1 rings (SSSR count). The van der Waals surface area contributed by atoms with E-state index in [9.17, 15) is 4.79 Å². The van der Waals surface area contributed by atoms with E-state index < -0.39 is 0 Å². The van der Waals surface area contributed by atoms with Gasteiger partial charge in [0.1, 0.15) is 0 Å². The van der Waals surface area contributed by atoms with Crippen molar-refractivity contribution >= 4 is 11.6 Å². The number of amides is 1. The minimum atomic E-state index is 0.0865. The molecule has 1 atom stereocenters. The summed E-state index contributed by atoms with van der Waals surface area (Å²) in [6.45, 7) is 9.31. The third kappa shape index (κ3) is 5.74. The molecule has 0 spiro atoms. The van der Waals surface area contributed by atoms with E-state index in [0.29, 0.717) is 18.9 Å². The van der Waals surface area contributed by atoms with Crippen LogP contribution in [0.1, 0.15) is 46.1 Å². The highest BCUT2D eigenvalue weighted by Gasteiger charge is 2.22. The molecular formula is C17H28N2O. The second kappa shape index (κ2) is 7.44. The first kappa shape index (κ1) is 16.7.